The molecule has 1 aliphatic carbocycles. The van der Waals surface area contributed by atoms with Crippen LogP contribution in [0, 0.1) is 17.2 Å². The lowest BCUT2D eigenvalue weighted by Gasteiger charge is -2.33. The monoisotopic (exact) mass is 545 g/mol. The summed E-state index contributed by atoms with van der Waals surface area (Å²) in [6.45, 7) is 2.14. The van der Waals surface area contributed by atoms with Gasteiger partial charge in [0.25, 0.3) is 5.91 Å². The first-order chi connectivity index (χ1) is 18.1. The molecule has 0 spiro atoms. The van der Waals surface area contributed by atoms with Gasteiger partial charge < -0.3 is 20.1 Å². The smallest absolute Gasteiger partial charge is 0.410 e. The van der Waals surface area contributed by atoms with Crippen molar-refractivity contribution >= 4 is 28.1 Å². The number of amides is 1. The van der Waals surface area contributed by atoms with Gasteiger partial charge in [-0.05, 0) is 48.4 Å². The summed E-state index contributed by atoms with van der Waals surface area (Å²) in [5.74, 6) is 0.754. The number of thiophene rings is 1. The molecule has 2 aromatic heterocycles. The summed E-state index contributed by atoms with van der Waals surface area (Å²) < 4.78 is 53.7. The molecule has 0 saturated heterocycles. The third kappa shape index (κ3) is 4.67. The van der Waals surface area contributed by atoms with Gasteiger partial charge in [0.1, 0.15) is 16.9 Å². The third-order valence-corrected chi connectivity index (χ3v) is 8.25. The average Bonchev–Trinajstić information content (AvgIpc) is 3.47. The SMILES string of the molecule is COc1ccc([C@H]2C[C@@H](C(F)(F)F)n3nc(C(=O)Nc4sc5c(c4C#N)CC[C@H](C)C5)cc3N2)cc1OC. The van der Waals surface area contributed by atoms with Gasteiger partial charge in [-0.3, -0.25) is 4.79 Å². The van der Waals surface area contributed by atoms with Crippen LogP contribution in [-0.2, 0) is 12.8 Å². The predicted molar refractivity (Wildman–Crippen MR) is 136 cm³/mol. The van der Waals surface area contributed by atoms with Crippen molar-refractivity contribution in [1.82, 2.24) is 9.78 Å². The molecule has 2 N–H and O–H groups in total. The number of carbonyl (C=O) groups excluding carboxylic acids is 1. The van der Waals surface area contributed by atoms with E-state index in [4.69, 9.17) is 9.47 Å². The van der Waals surface area contributed by atoms with Gasteiger partial charge in [0.2, 0.25) is 0 Å². The van der Waals surface area contributed by atoms with Crippen LogP contribution in [0.15, 0.2) is 24.3 Å². The van der Waals surface area contributed by atoms with Crippen LogP contribution in [0.25, 0.3) is 0 Å². The number of rotatable bonds is 5. The number of hydrogen-bond donors (Lipinski definition) is 2. The minimum absolute atomic E-state index is 0.0725. The van der Waals surface area contributed by atoms with Gasteiger partial charge in [0.05, 0.1) is 25.8 Å². The zero-order chi connectivity index (χ0) is 27.2. The summed E-state index contributed by atoms with van der Waals surface area (Å²) in [4.78, 5) is 14.2. The summed E-state index contributed by atoms with van der Waals surface area (Å²) in [6, 6.07) is 5.78. The van der Waals surface area contributed by atoms with Gasteiger partial charge in [-0.25, -0.2) is 4.68 Å². The van der Waals surface area contributed by atoms with Crippen LogP contribution in [0.4, 0.5) is 24.0 Å². The van der Waals surface area contributed by atoms with Crippen LogP contribution in [0.1, 0.15) is 63.9 Å². The number of benzene rings is 1. The molecule has 5 rings (SSSR count). The molecular formula is C26H26F3N5O3S. The Kier molecular flexibility index (Phi) is 6.73. The molecule has 3 atom stereocenters. The highest BCUT2D eigenvalue weighted by atomic mass is 32.1. The number of aromatic nitrogens is 2. The van der Waals surface area contributed by atoms with Gasteiger partial charge in [-0.2, -0.15) is 23.5 Å². The molecule has 1 amide bonds. The molecule has 3 aromatic rings. The minimum atomic E-state index is -4.59. The first-order valence-corrected chi connectivity index (χ1v) is 12.9. The number of anilines is 2. The number of methoxy groups -OCH3 is 2. The summed E-state index contributed by atoms with van der Waals surface area (Å²) in [5.41, 5.74) is 1.78. The summed E-state index contributed by atoms with van der Waals surface area (Å²) in [6.07, 6.45) is -2.37. The second-order valence-corrected chi connectivity index (χ2v) is 10.7. The zero-order valence-corrected chi connectivity index (χ0v) is 21.8. The quantitative estimate of drug-likeness (QED) is 0.416. The summed E-state index contributed by atoms with van der Waals surface area (Å²) in [7, 11) is 2.93. The van der Waals surface area contributed by atoms with E-state index in [-0.39, 0.29) is 17.9 Å². The topological polar surface area (TPSA) is 101 Å². The first-order valence-electron chi connectivity index (χ1n) is 12.1. The van der Waals surface area contributed by atoms with Gasteiger partial charge in [-0.15, -0.1) is 11.3 Å². The molecule has 0 radical (unpaired) electrons. The predicted octanol–water partition coefficient (Wildman–Crippen LogP) is 5.87. The Morgan fingerprint density at radius 2 is 2.03 bits per heavy atom. The van der Waals surface area contributed by atoms with Crippen molar-refractivity contribution in [3.8, 4) is 17.6 Å². The Morgan fingerprint density at radius 3 is 2.71 bits per heavy atom. The van der Waals surface area contributed by atoms with Crippen molar-refractivity contribution in [2.75, 3.05) is 24.9 Å². The van der Waals surface area contributed by atoms with Crippen LogP contribution < -0.4 is 20.1 Å². The fraction of sp³-hybridized carbons (Fsp3) is 0.423. The number of ether oxygens (including phenoxy) is 2. The lowest BCUT2D eigenvalue weighted by molar-refractivity contribution is -0.173. The minimum Gasteiger partial charge on any atom is -0.493 e. The highest BCUT2D eigenvalue weighted by Gasteiger charge is 2.47. The molecule has 38 heavy (non-hydrogen) atoms. The molecule has 8 nitrogen and oxygen atoms in total. The second kappa shape index (κ2) is 9.87. The highest BCUT2D eigenvalue weighted by Crippen LogP contribution is 2.45. The van der Waals surface area contributed by atoms with E-state index in [1.165, 1.54) is 31.6 Å². The number of hydrogen-bond acceptors (Lipinski definition) is 7. The van der Waals surface area contributed by atoms with Gasteiger partial charge in [0, 0.05) is 17.4 Å². The molecule has 3 heterocycles. The lowest BCUT2D eigenvalue weighted by Crippen LogP contribution is -2.35. The van der Waals surface area contributed by atoms with Crippen LogP contribution in [0.3, 0.4) is 0 Å². The van der Waals surface area contributed by atoms with Gasteiger partial charge in [-0.1, -0.05) is 13.0 Å². The van der Waals surface area contributed by atoms with E-state index in [0.29, 0.717) is 33.5 Å². The molecule has 0 bridgehead atoms. The van der Waals surface area contributed by atoms with E-state index in [9.17, 15) is 23.2 Å². The van der Waals surface area contributed by atoms with E-state index in [1.54, 1.807) is 18.2 Å². The van der Waals surface area contributed by atoms with Crippen molar-refractivity contribution in [2.24, 2.45) is 5.92 Å². The Balaban J connectivity index is 1.44. The highest BCUT2D eigenvalue weighted by molar-refractivity contribution is 7.16. The van der Waals surface area contributed by atoms with E-state index >= 15 is 0 Å². The molecule has 1 aliphatic heterocycles. The molecule has 1 aromatic carbocycles. The number of alkyl halides is 3. The van der Waals surface area contributed by atoms with E-state index in [2.05, 4.69) is 28.7 Å². The van der Waals surface area contributed by atoms with Crippen molar-refractivity contribution in [2.45, 2.75) is 50.9 Å². The van der Waals surface area contributed by atoms with Crippen molar-refractivity contribution in [3.63, 3.8) is 0 Å². The maximum absolute atomic E-state index is 14.1. The van der Waals surface area contributed by atoms with Crippen molar-refractivity contribution in [3.05, 3.63) is 51.5 Å². The fourth-order valence-electron chi connectivity index (χ4n) is 5.10. The first kappa shape index (κ1) is 25.9. The molecule has 0 saturated carbocycles. The molecule has 200 valence electrons. The number of fused-ring (bicyclic) bond motifs is 2. The lowest BCUT2D eigenvalue weighted by atomic mass is 9.89. The molecule has 2 aliphatic rings. The second-order valence-electron chi connectivity index (χ2n) is 9.59. The van der Waals surface area contributed by atoms with Gasteiger partial charge >= 0.3 is 6.18 Å². The Hall–Kier alpha value is -3.72. The number of nitrogens with zero attached hydrogens (tertiary/aromatic N) is 3. The molecule has 0 unspecified atom stereocenters. The van der Waals surface area contributed by atoms with E-state index in [0.717, 1.165) is 34.4 Å². The fourth-order valence-corrected chi connectivity index (χ4v) is 6.45. The normalized spacial score (nSPS) is 20.5. The summed E-state index contributed by atoms with van der Waals surface area (Å²) >= 11 is 1.35. The van der Waals surface area contributed by atoms with E-state index in [1.807, 2.05) is 0 Å². The van der Waals surface area contributed by atoms with Crippen LogP contribution in [-0.4, -0.2) is 36.1 Å². The van der Waals surface area contributed by atoms with Crippen LogP contribution in [0.5, 0.6) is 11.5 Å². The standard InChI is InChI=1S/C26H26F3N5O3S/c1-13-4-6-15-16(12-30)25(38-21(15)8-13)32-24(35)18-11-23-31-17(10-22(26(27,28)29)34(23)33-18)14-5-7-19(36-2)20(9-14)37-3/h5,7,9,11,13,17,22,31H,4,6,8,10H2,1-3H3,(H,32,35)/t13-,17+,22-/m0/s1. The molecule has 0 fully saturated rings. The van der Waals surface area contributed by atoms with Crippen LogP contribution >= 0.6 is 11.3 Å². The van der Waals surface area contributed by atoms with Gasteiger partial charge in [0.15, 0.2) is 23.2 Å². The number of nitriles is 1. The van der Waals surface area contributed by atoms with Crippen molar-refractivity contribution in [1.29, 1.82) is 5.26 Å². The number of carbonyl (C=O) groups is 1. The Bertz CT molecular complexity index is 1420. The maximum atomic E-state index is 14.1. The van der Waals surface area contributed by atoms with E-state index < -0.39 is 24.2 Å². The van der Waals surface area contributed by atoms with Crippen molar-refractivity contribution < 1.29 is 27.4 Å². The third-order valence-electron chi connectivity index (χ3n) is 7.08. The number of nitrogens with one attached hydrogen (secondary N) is 2. The Morgan fingerprint density at radius 1 is 1.26 bits per heavy atom. The molecular weight excluding hydrogens is 519 g/mol. The van der Waals surface area contributed by atoms with Crippen LogP contribution in [0.2, 0.25) is 0 Å². The number of halogens is 3. The largest absolute Gasteiger partial charge is 0.493 e. The Labute approximate surface area is 221 Å². The average molecular weight is 546 g/mol. The maximum Gasteiger partial charge on any atom is 0.410 e. The summed E-state index contributed by atoms with van der Waals surface area (Å²) in [5, 5.41) is 20.0. The zero-order valence-electron chi connectivity index (χ0n) is 21.0. The molecule has 12 heteroatoms.